The van der Waals surface area contributed by atoms with Crippen molar-refractivity contribution in [2.24, 2.45) is 5.92 Å². The third-order valence-corrected chi connectivity index (χ3v) is 3.84. The van der Waals surface area contributed by atoms with Gasteiger partial charge >= 0.3 is 0 Å². The maximum atomic E-state index is 10.7. The van der Waals surface area contributed by atoms with Crippen molar-refractivity contribution in [1.29, 1.82) is 0 Å². The molecule has 0 aliphatic carbocycles. The van der Waals surface area contributed by atoms with Crippen LogP contribution in [-0.4, -0.2) is 37.8 Å². The van der Waals surface area contributed by atoms with Gasteiger partial charge in [-0.05, 0) is 43.8 Å². The minimum absolute atomic E-state index is 0.144. The smallest absolute Gasteiger partial charge is 0.118 e. The minimum Gasteiger partial charge on any atom is -0.497 e. The van der Waals surface area contributed by atoms with Crippen LogP contribution in [0, 0.1) is 5.92 Å². The maximum Gasteiger partial charge on any atom is 0.118 e. The molecule has 0 saturated carbocycles. The molecule has 0 aromatic heterocycles. The molecular weight excluding hydrogens is 274 g/mol. The highest BCUT2D eigenvalue weighted by molar-refractivity contribution is 5.28. The minimum atomic E-state index is -0.467. The summed E-state index contributed by atoms with van der Waals surface area (Å²) in [7, 11) is 5.75. The van der Waals surface area contributed by atoms with Gasteiger partial charge in [-0.3, -0.25) is 0 Å². The quantitative estimate of drug-likeness (QED) is 0.852. The Morgan fingerprint density at radius 1 is 1.00 bits per heavy atom. The number of ether oxygens (including phenoxy) is 1. The lowest BCUT2D eigenvalue weighted by Gasteiger charge is -2.26. The maximum absolute atomic E-state index is 10.7. The molecule has 0 radical (unpaired) electrons. The molecule has 0 saturated heterocycles. The van der Waals surface area contributed by atoms with Crippen molar-refractivity contribution in [2.75, 3.05) is 27.7 Å². The van der Waals surface area contributed by atoms with E-state index in [-0.39, 0.29) is 5.92 Å². The Morgan fingerprint density at radius 2 is 1.64 bits per heavy atom. The third-order valence-electron chi connectivity index (χ3n) is 3.84. The molecule has 0 amide bonds. The number of nitrogens with zero attached hydrogens (tertiary/aromatic N) is 1. The fraction of sp³-hybridized carbons (Fsp3) is 0.368. The first-order valence-corrected chi connectivity index (χ1v) is 7.61. The Hall–Kier alpha value is -1.84. The number of hydrogen-bond donors (Lipinski definition) is 1. The Kier molecular flexibility index (Phi) is 5.99. The van der Waals surface area contributed by atoms with E-state index in [4.69, 9.17) is 4.74 Å². The normalized spacial score (nSPS) is 13.9. The molecule has 3 heteroatoms. The summed E-state index contributed by atoms with van der Waals surface area (Å²) >= 11 is 0. The molecule has 2 atom stereocenters. The van der Waals surface area contributed by atoms with E-state index in [0.29, 0.717) is 0 Å². The SMILES string of the molecule is COc1ccc(C[C@@H](CN(C)C)[C@@H](O)c2ccccc2)cc1. The van der Waals surface area contributed by atoms with Crippen molar-refractivity contribution in [2.45, 2.75) is 12.5 Å². The number of rotatable bonds is 7. The monoisotopic (exact) mass is 299 g/mol. The average Bonchev–Trinajstić information content (AvgIpc) is 2.54. The number of benzene rings is 2. The molecule has 2 aromatic rings. The van der Waals surface area contributed by atoms with Crippen LogP contribution < -0.4 is 4.74 Å². The predicted molar refractivity (Wildman–Crippen MR) is 90.1 cm³/mol. The number of methoxy groups -OCH3 is 1. The van der Waals surface area contributed by atoms with Gasteiger partial charge in [0.2, 0.25) is 0 Å². The van der Waals surface area contributed by atoms with Gasteiger partial charge in [-0.1, -0.05) is 42.5 Å². The molecule has 22 heavy (non-hydrogen) atoms. The van der Waals surface area contributed by atoms with Crippen LogP contribution in [-0.2, 0) is 6.42 Å². The first-order chi connectivity index (χ1) is 10.6. The van der Waals surface area contributed by atoms with Gasteiger partial charge in [-0.2, -0.15) is 0 Å². The molecule has 118 valence electrons. The Labute approximate surface area is 133 Å². The van der Waals surface area contributed by atoms with E-state index in [2.05, 4.69) is 17.0 Å². The van der Waals surface area contributed by atoms with Crippen LogP contribution in [0.3, 0.4) is 0 Å². The lowest BCUT2D eigenvalue weighted by atomic mass is 9.89. The molecular formula is C19H25NO2. The van der Waals surface area contributed by atoms with Crippen LogP contribution in [0.25, 0.3) is 0 Å². The van der Waals surface area contributed by atoms with Crippen LogP contribution in [0.15, 0.2) is 54.6 Å². The molecule has 0 spiro atoms. The number of aliphatic hydroxyl groups excluding tert-OH is 1. The second-order valence-corrected chi connectivity index (χ2v) is 5.93. The standard InChI is InChI=1S/C19H25NO2/c1-20(2)14-17(19(21)16-7-5-4-6-8-16)13-15-9-11-18(22-3)12-10-15/h4-12,17,19,21H,13-14H2,1-3H3/t17-,19-/m0/s1. The molecule has 0 heterocycles. The van der Waals surface area contributed by atoms with Gasteiger partial charge in [-0.15, -0.1) is 0 Å². The second kappa shape index (κ2) is 7.97. The Balaban J connectivity index is 2.14. The predicted octanol–water partition coefficient (Wildman–Crippen LogP) is 3.15. The highest BCUT2D eigenvalue weighted by Crippen LogP contribution is 2.26. The molecule has 1 N–H and O–H groups in total. The lowest BCUT2D eigenvalue weighted by Crippen LogP contribution is -2.28. The highest BCUT2D eigenvalue weighted by Gasteiger charge is 2.22. The van der Waals surface area contributed by atoms with Crippen molar-refractivity contribution >= 4 is 0 Å². The largest absolute Gasteiger partial charge is 0.497 e. The zero-order valence-electron chi connectivity index (χ0n) is 13.6. The van der Waals surface area contributed by atoms with Crippen LogP contribution in [0.5, 0.6) is 5.75 Å². The van der Waals surface area contributed by atoms with Gasteiger partial charge in [-0.25, -0.2) is 0 Å². The zero-order chi connectivity index (χ0) is 15.9. The van der Waals surface area contributed by atoms with Gasteiger partial charge in [0.1, 0.15) is 5.75 Å². The third kappa shape index (κ3) is 4.58. The van der Waals surface area contributed by atoms with E-state index in [1.165, 1.54) is 5.56 Å². The van der Waals surface area contributed by atoms with Gasteiger partial charge in [0.15, 0.2) is 0 Å². The van der Waals surface area contributed by atoms with Crippen LogP contribution in [0.4, 0.5) is 0 Å². The first-order valence-electron chi connectivity index (χ1n) is 7.61. The van der Waals surface area contributed by atoms with Crippen LogP contribution in [0.1, 0.15) is 17.2 Å². The van der Waals surface area contributed by atoms with E-state index in [1.54, 1.807) is 7.11 Å². The fourth-order valence-corrected chi connectivity index (χ4v) is 2.73. The summed E-state index contributed by atoms with van der Waals surface area (Å²) in [5, 5.41) is 10.7. The number of aliphatic hydroxyl groups is 1. The van der Waals surface area contributed by atoms with Crippen molar-refractivity contribution in [3.63, 3.8) is 0 Å². The average molecular weight is 299 g/mol. The summed E-state index contributed by atoms with van der Waals surface area (Å²) in [4.78, 5) is 2.13. The van der Waals surface area contributed by atoms with Crippen molar-refractivity contribution < 1.29 is 9.84 Å². The van der Waals surface area contributed by atoms with E-state index < -0.39 is 6.10 Å². The molecule has 2 aromatic carbocycles. The molecule has 0 aliphatic heterocycles. The van der Waals surface area contributed by atoms with Crippen LogP contribution in [0.2, 0.25) is 0 Å². The van der Waals surface area contributed by atoms with Crippen molar-refractivity contribution in [3.05, 3.63) is 65.7 Å². The highest BCUT2D eigenvalue weighted by atomic mass is 16.5. The number of hydrogen-bond acceptors (Lipinski definition) is 3. The summed E-state index contributed by atoms with van der Waals surface area (Å²) in [6.45, 7) is 0.835. The van der Waals surface area contributed by atoms with E-state index in [9.17, 15) is 5.11 Å². The van der Waals surface area contributed by atoms with Crippen molar-refractivity contribution in [3.8, 4) is 5.75 Å². The molecule has 2 rings (SSSR count). The van der Waals surface area contributed by atoms with E-state index in [0.717, 1.165) is 24.3 Å². The summed E-state index contributed by atoms with van der Waals surface area (Å²) in [6, 6.07) is 18.0. The van der Waals surface area contributed by atoms with Gasteiger partial charge in [0.05, 0.1) is 13.2 Å². The first kappa shape index (κ1) is 16.5. The van der Waals surface area contributed by atoms with E-state index in [1.807, 2.05) is 56.6 Å². The van der Waals surface area contributed by atoms with Crippen molar-refractivity contribution in [1.82, 2.24) is 4.90 Å². The molecule has 0 unspecified atom stereocenters. The van der Waals surface area contributed by atoms with Crippen LogP contribution >= 0.6 is 0 Å². The van der Waals surface area contributed by atoms with Gasteiger partial charge < -0.3 is 14.7 Å². The van der Waals surface area contributed by atoms with Gasteiger partial charge in [0, 0.05) is 12.5 Å². The topological polar surface area (TPSA) is 32.7 Å². The molecule has 0 aliphatic rings. The summed E-state index contributed by atoms with van der Waals surface area (Å²) < 4.78 is 5.20. The fourth-order valence-electron chi connectivity index (χ4n) is 2.73. The summed E-state index contributed by atoms with van der Waals surface area (Å²) in [6.07, 6.45) is 0.365. The molecule has 3 nitrogen and oxygen atoms in total. The Bertz CT molecular complexity index is 551. The van der Waals surface area contributed by atoms with Gasteiger partial charge in [0.25, 0.3) is 0 Å². The Morgan fingerprint density at radius 3 is 2.18 bits per heavy atom. The zero-order valence-corrected chi connectivity index (χ0v) is 13.6. The molecule has 0 fully saturated rings. The summed E-state index contributed by atoms with van der Waals surface area (Å²) in [5.74, 6) is 1.00. The molecule has 0 bridgehead atoms. The summed E-state index contributed by atoms with van der Waals surface area (Å²) in [5.41, 5.74) is 2.19. The van der Waals surface area contributed by atoms with E-state index >= 15 is 0 Å². The second-order valence-electron chi connectivity index (χ2n) is 5.93. The lowest BCUT2D eigenvalue weighted by molar-refractivity contribution is 0.0902.